The van der Waals surface area contributed by atoms with E-state index in [2.05, 4.69) is 4.84 Å². The standard InChI is InChI=1S/C17H19F3N2O4/c1-11(23)22-8-6-12(7-9-22)10-15(24)13-2-4-14(5-3-13)21-26-16(25)17(18,19)20/h2-5,12,21H,6-10H2,1H3. The van der Waals surface area contributed by atoms with Gasteiger partial charge in [0.15, 0.2) is 5.78 Å². The average molecular weight is 372 g/mol. The maximum absolute atomic E-state index is 12.3. The zero-order chi connectivity index (χ0) is 19.3. The molecular formula is C17H19F3N2O4. The minimum Gasteiger partial charge on any atom is -0.343 e. The Kier molecular flexibility index (Phi) is 6.23. The first-order valence-electron chi connectivity index (χ1n) is 8.09. The molecule has 1 aromatic carbocycles. The van der Waals surface area contributed by atoms with Crippen LogP contribution in [0.2, 0.25) is 0 Å². The van der Waals surface area contributed by atoms with Crippen LogP contribution < -0.4 is 5.48 Å². The van der Waals surface area contributed by atoms with Crippen LogP contribution in [0.3, 0.4) is 0 Å². The molecule has 1 amide bonds. The summed E-state index contributed by atoms with van der Waals surface area (Å²) in [6.45, 7) is 2.80. The summed E-state index contributed by atoms with van der Waals surface area (Å²) in [7, 11) is 0. The van der Waals surface area contributed by atoms with Gasteiger partial charge < -0.3 is 9.74 Å². The lowest BCUT2D eigenvalue weighted by Gasteiger charge is -2.30. The number of carbonyl (C=O) groups is 3. The number of nitrogens with zero attached hydrogens (tertiary/aromatic N) is 1. The lowest BCUT2D eigenvalue weighted by molar-refractivity contribution is -0.196. The number of hydrogen-bond acceptors (Lipinski definition) is 5. The van der Waals surface area contributed by atoms with Crippen molar-refractivity contribution < 1.29 is 32.4 Å². The predicted molar refractivity (Wildman–Crippen MR) is 86.1 cm³/mol. The molecule has 1 N–H and O–H groups in total. The minimum absolute atomic E-state index is 0.0316. The molecule has 26 heavy (non-hydrogen) atoms. The van der Waals surface area contributed by atoms with Gasteiger partial charge in [0.05, 0.1) is 5.69 Å². The fourth-order valence-electron chi connectivity index (χ4n) is 2.72. The molecule has 1 aliphatic rings. The van der Waals surface area contributed by atoms with Crippen LogP contribution in [0.5, 0.6) is 0 Å². The monoisotopic (exact) mass is 372 g/mol. The highest BCUT2D eigenvalue weighted by atomic mass is 19.4. The molecule has 0 atom stereocenters. The maximum atomic E-state index is 12.3. The summed E-state index contributed by atoms with van der Waals surface area (Å²) in [6, 6.07) is 5.62. The van der Waals surface area contributed by atoms with E-state index in [0.29, 0.717) is 25.1 Å². The number of hydrogen-bond donors (Lipinski definition) is 1. The Balaban J connectivity index is 1.83. The van der Waals surface area contributed by atoms with Crippen molar-refractivity contribution in [3.05, 3.63) is 29.8 Å². The third-order valence-corrected chi connectivity index (χ3v) is 4.23. The van der Waals surface area contributed by atoms with Crippen LogP contribution in [-0.4, -0.2) is 41.8 Å². The van der Waals surface area contributed by atoms with E-state index < -0.39 is 12.1 Å². The van der Waals surface area contributed by atoms with Crippen LogP contribution in [0.4, 0.5) is 18.9 Å². The summed E-state index contributed by atoms with van der Waals surface area (Å²) in [4.78, 5) is 39.9. The molecule has 1 heterocycles. The number of benzene rings is 1. The normalized spacial score (nSPS) is 15.5. The molecule has 0 aliphatic carbocycles. The number of carbonyl (C=O) groups excluding carboxylic acids is 3. The SMILES string of the molecule is CC(=O)N1CCC(CC(=O)c2ccc(NOC(=O)C(F)(F)F)cc2)CC1. The molecule has 1 saturated heterocycles. The molecule has 142 valence electrons. The largest absolute Gasteiger partial charge is 0.493 e. The third kappa shape index (κ3) is 5.47. The van der Waals surface area contributed by atoms with Gasteiger partial charge in [0.2, 0.25) is 5.91 Å². The van der Waals surface area contributed by atoms with E-state index in [9.17, 15) is 27.6 Å². The van der Waals surface area contributed by atoms with Crippen molar-refractivity contribution in [2.24, 2.45) is 5.92 Å². The van der Waals surface area contributed by atoms with E-state index in [-0.39, 0.29) is 23.3 Å². The molecule has 0 spiro atoms. The molecule has 2 rings (SSSR count). The second-order valence-electron chi connectivity index (χ2n) is 6.14. The molecule has 9 heteroatoms. The van der Waals surface area contributed by atoms with E-state index in [1.807, 2.05) is 5.48 Å². The van der Waals surface area contributed by atoms with Gasteiger partial charge in [0.1, 0.15) is 0 Å². The van der Waals surface area contributed by atoms with E-state index in [4.69, 9.17) is 0 Å². The van der Waals surface area contributed by atoms with E-state index in [0.717, 1.165) is 12.8 Å². The van der Waals surface area contributed by atoms with Gasteiger partial charge in [-0.25, -0.2) is 10.3 Å². The highest BCUT2D eigenvalue weighted by Crippen LogP contribution is 2.23. The topological polar surface area (TPSA) is 75.7 Å². The van der Waals surface area contributed by atoms with Crippen LogP contribution in [0.25, 0.3) is 0 Å². The number of ketones is 1. The first kappa shape index (κ1) is 19.7. The molecule has 6 nitrogen and oxygen atoms in total. The van der Waals surface area contributed by atoms with Gasteiger partial charge in [-0.15, -0.1) is 0 Å². The van der Waals surface area contributed by atoms with Crippen molar-refractivity contribution in [1.82, 2.24) is 4.90 Å². The summed E-state index contributed by atoms with van der Waals surface area (Å²) in [5, 5.41) is 0. The van der Waals surface area contributed by atoms with Crippen molar-refractivity contribution >= 4 is 23.3 Å². The highest BCUT2D eigenvalue weighted by Gasteiger charge is 2.41. The molecule has 0 bridgehead atoms. The molecule has 0 unspecified atom stereocenters. The predicted octanol–water partition coefficient (Wildman–Crippen LogP) is 2.95. The summed E-state index contributed by atoms with van der Waals surface area (Å²) in [5.41, 5.74) is 2.44. The van der Waals surface area contributed by atoms with Gasteiger partial charge in [0, 0.05) is 32.0 Å². The molecule has 0 radical (unpaired) electrons. The number of halogens is 3. The Morgan fingerprint density at radius 3 is 2.23 bits per heavy atom. The Morgan fingerprint density at radius 2 is 1.73 bits per heavy atom. The minimum atomic E-state index is -5.08. The number of nitrogens with one attached hydrogen (secondary N) is 1. The van der Waals surface area contributed by atoms with Gasteiger partial charge in [0.25, 0.3) is 0 Å². The first-order valence-corrected chi connectivity index (χ1v) is 8.09. The fraction of sp³-hybridized carbons (Fsp3) is 0.471. The molecule has 0 saturated carbocycles. The fourth-order valence-corrected chi connectivity index (χ4v) is 2.72. The van der Waals surface area contributed by atoms with E-state index >= 15 is 0 Å². The quantitative estimate of drug-likeness (QED) is 0.635. The second-order valence-corrected chi connectivity index (χ2v) is 6.14. The molecule has 1 fully saturated rings. The van der Waals surface area contributed by atoms with Crippen molar-refractivity contribution in [1.29, 1.82) is 0 Å². The number of amides is 1. The average Bonchev–Trinajstić information content (AvgIpc) is 2.59. The summed E-state index contributed by atoms with van der Waals surface area (Å²) in [5.74, 6) is -2.20. The van der Waals surface area contributed by atoms with Crippen LogP contribution in [0.15, 0.2) is 24.3 Å². The van der Waals surface area contributed by atoms with Crippen LogP contribution in [0, 0.1) is 5.92 Å². The number of Topliss-reactive ketones (excluding diaryl/α,β-unsaturated/α-hetero) is 1. The zero-order valence-electron chi connectivity index (χ0n) is 14.1. The van der Waals surface area contributed by atoms with Crippen molar-refractivity contribution in [3.8, 4) is 0 Å². The van der Waals surface area contributed by atoms with E-state index in [1.165, 1.54) is 31.2 Å². The zero-order valence-corrected chi connectivity index (χ0v) is 14.1. The molecule has 0 aromatic heterocycles. The van der Waals surface area contributed by atoms with E-state index in [1.54, 1.807) is 4.90 Å². The van der Waals surface area contributed by atoms with Crippen molar-refractivity contribution in [2.45, 2.75) is 32.4 Å². The van der Waals surface area contributed by atoms with Crippen molar-refractivity contribution in [2.75, 3.05) is 18.6 Å². The first-order chi connectivity index (χ1) is 12.2. The summed E-state index contributed by atoms with van der Waals surface area (Å²) >= 11 is 0. The summed E-state index contributed by atoms with van der Waals surface area (Å²) < 4.78 is 36.1. The molecule has 1 aliphatic heterocycles. The van der Waals surface area contributed by atoms with Crippen molar-refractivity contribution in [3.63, 3.8) is 0 Å². The molecular weight excluding hydrogens is 353 g/mol. The van der Waals surface area contributed by atoms with Gasteiger partial charge in [-0.2, -0.15) is 13.2 Å². The number of rotatable bonds is 5. The third-order valence-electron chi connectivity index (χ3n) is 4.23. The smallest absolute Gasteiger partial charge is 0.343 e. The Bertz CT molecular complexity index is 666. The Morgan fingerprint density at radius 1 is 1.15 bits per heavy atom. The van der Waals surface area contributed by atoms with Crippen LogP contribution >= 0.6 is 0 Å². The highest BCUT2D eigenvalue weighted by molar-refractivity contribution is 5.96. The van der Waals surface area contributed by atoms with Crippen LogP contribution in [-0.2, 0) is 14.4 Å². The van der Waals surface area contributed by atoms with Gasteiger partial charge in [-0.3, -0.25) is 9.59 Å². The number of piperidine rings is 1. The number of likely N-dealkylation sites (tertiary alicyclic amines) is 1. The molecule has 1 aromatic rings. The van der Waals surface area contributed by atoms with Crippen LogP contribution in [0.1, 0.15) is 36.5 Å². The Labute approximate surface area is 148 Å². The lowest BCUT2D eigenvalue weighted by atomic mass is 9.90. The van der Waals surface area contributed by atoms with Gasteiger partial charge in [-0.05, 0) is 43.0 Å². The number of alkyl halides is 3. The lowest BCUT2D eigenvalue weighted by Crippen LogP contribution is -2.37. The van der Waals surface area contributed by atoms with Gasteiger partial charge in [-0.1, -0.05) is 0 Å². The Hall–Kier alpha value is -2.58. The maximum Gasteiger partial charge on any atom is 0.493 e. The second kappa shape index (κ2) is 8.20. The number of anilines is 1. The summed E-state index contributed by atoms with van der Waals surface area (Å²) in [6.07, 6.45) is -3.21. The van der Waals surface area contributed by atoms with Gasteiger partial charge >= 0.3 is 12.1 Å².